The first-order valence-corrected chi connectivity index (χ1v) is 12.7. The summed E-state index contributed by atoms with van der Waals surface area (Å²) in [5.74, 6) is -4.19. The van der Waals surface area contributed by atoms with Gasteiger partial charge in [-0.2, -0.15) is 17.0 Å². The maximum Gasteiger partial charge on any atom is 0.527 e. The summed E-state index contributed by atoms with van der Waals surface area (Å²) in [5, 5.41) is 22.1. The molecule has 3 fully saturated rings. The number of carboxylic acid groups (broad SMARTS) is 2. The Kier molecular flexibility index (Phi) is 7.65. The molecule has 0 aliphatic carbocycles. The Bertz CT molecular complexity index is 931. The first kappa shape index (κ1) is 26.8. The molecular weight excluding hydrogens is 471 g/mol. The van der Waals surface area contributed by atoms with E-state index in [1.54, 1.807) is 13.8 Å². The van der Waals surface area contributed by atoms with Gasteiger partial charge in [-0.05, 0) is 33.5 Å². The van der Waals surface area contributed by atoms with E-state index in [-0.39, 0.29) is 44.5 Å². The van der Waals surface area contributed by atoms with Gasteiger partial charge in [0.15, 0.2) is 5.41 Å². The lowest BCUT2D eigenvalue weighted by Crippen LogP contribution is -2.63. The van der Waals surface area contributed by atoms with Crippen LogP contribution in [0, 0.1) is 11.3 Å². The van der Waals surface area contributed by atoms with Crippen LogP contribution in [-0.2, 0) is 33.9 Å². The minimum absolute atomic E-state index is 0.0447. The Morgan fingerprint density at radius 1 is 1.32 bits per heavy atom. The molecule has 3 aliphatic rings. The van der Waals surface area contributed by atoms with Crippen molar-refractivity contribution in [3.05, 3.63) is 0 Å². The van der Waals surface area contributed by atoms with Crippen LogP contribution in [0.3, 0.4) is 0 Å². The van der Waals surface area contributed by atoms with Gasteiger partial charge in [0.25, 0.3) is 10.2 Å². The van der Waals surface area contributed by atoms with E-state index < -0.39 is 52.1 Å². The topological polar surface area (TPSA) is 189 Å². The molecule has 3 heterocycles. The van der Waals surface area contributed by atoms with Gasteiger partial charge in [0.1, 0.15) is 5.54 Å². The number of carboxylic acids is 2. The molecule has 192 valence electrons. The number of hydrogen-bond donors (Lipinski definition) is 4. The molecule has 0 aromatic carbocycles. The van der Waals surface area contributed by atoms with E-state index in [9.17, 15) is 33.0 Å². The fourth-order valence-electron chi connectivity index (χ4n) is 4.55. The van der Waals surface area contributed by atoms with Crippen molar-refractivity contribution in [3.8, 4) is 0 Å². The van der Waals surface area contributed by atoms with E-state index in [0.717, 1.165) is 4.31 Å². The molecule has 3 aliphatic heterocycles. The number of carbonyl (C=O) groups is 3. The number of nitrogens with two attached hydrogens (primary N) is 1. The normalized spacial score (nSPS) is 31.1. The molecule has 0 radical (unpaired) electrons. The zero-order valence-corrected chi connectivity index (χ0v) is 20.4. The molecule has 0 saturated carbocycles. The van der Waals surface area contributed by atoms with Crippen LogP contribution in [0.1, 0.15) is 33.6 Å². The quantitative estimate of drug-likeness (QED) is 0.201. The highest BCUT2D eigenvalue weighted by molar-refractivity contribution is 7.86. The van der Waals surface area contributed by atoms with Crippen molar-refractivity contribution in [1.29, 1.82) is 0 Å². The molecule has 0 aromatic heterocycles. The van der Waals surface area contributed by atoms with Crippen LogP contribution in [0.15, 0.2) is 0 Å². The minimum atomic E-state index is -3.94. The zero-order valence-electron chi connectivity index (χ0n) is 19.6. The second-order valence-corrected chi connectivity index (χ2v) is 11.6. The smallest absolute Gasteiger partial charge is 0.509 e. The van der Waals surface area contributed by atoms with Crippen LogP contribution in [-0.4, -0.2) is 103 Å². The summed E-state index contributed by atoms with van der Waals surface area (Å²) in [5.41, 5.74) is 2.69. The standard InChI is InChI=1S/C19H33BN4O9S/c1-12(2)24(14-7-22-8-14)34(30,31)23-9-13(19(21,10-23)16(27)28)5-4-6-20-32-11-18(3,15(25)26)17(29)33-20/h12-14,22H,4-11,21H2,1-3H3,(H,25,26)(H,27,28)/t13-,18?,19-/m0/s1. The van der Waals surface area contributed by atoms with Gasteiger partial charge < -0.3 is 30.6 Å². The average molecular weight is 504 g/mol. The van der Waals surface area contributed by atoms with Gasteiger partial charge in [0.05, 0.1) is 12.6 Å². The molecule has 3 saturated heterocycles. The summed E-state index contributed by atoms with van der Waals surface area (Å²) in [6.07, 6.45) is 0.800. The third kappa shape index (κ3) is 4.81. The number of nitrogens with one attached hydrogen (secondary N) is 1. The molecule has 0 bridgehead atoms. The first-order valence-electron chi connectivity index (χ1n) is 11.3. The second kappa shape index (κ2) is 9.70. The number of hydrogen-bond acceptors (Lipinski definition) is 9. The maximum absolute atomic E-state index is 13.4. The van der Waals surface area contributed by atoms with Crippen LogP contribution in [0.25, 0.3) is 0 Å². The summed E-state index contributed by atoms with van der Waals surface area (Å²) in [6, 6.07) is -0.501. The van der Waals surface area contributed by atoms with Crippen molar-refractivity contribution in [2.75, 3.05) is 32.8 Å². The molecule has 5 N–H and O–H groups in total. The van der Waals surface area contributed by atoms with Crippen molar-refractivity contribution in [2.24, 2.45) is 17.1 Å². The van der Waals surface area contributed by atoms with Gasteiger partial charge in [-0.3, -0.25) is 14.4 Å². The summed E-state index contributed by atoms with van der Waals surface area (Å²) < 4.78 is 39.8. The fourth-order valence-corrected chi connectivity index (χ4v) is 6.62. The van der Waals surface area contributed by atoms with E-state index >= 15 is 0 Å². The van der Waals surface area contributed by atoms with E-state index in [1.165, 1.54) is 11.2 Å². The minimum Gasteiger partial charge on any atom is -0.509 e. The van der Waals surface area contributed by atoms with Crippen molar-refractivity contribution in [2.45, 2.75) is 57.6 Å². The Morgan fingerprint density at radius 2 is 1.97 bits per heavy atom. The number of carbonyl (C=O) groups excluding carboxylic acids is 1. The Labute approximate surface area is 199 Å². The summed E-state index contributed by atoms with van der Waals surface area (Å²) in [4.78, 5) is 35.4. The fraction of sp³-hybridized carbons (Fsp3) is 0.842. The predicted molar refractivity (Wildman–Crippen MR) is 120 cm³/mol. The van der Waals surface area contributed by atoms with Crippen LogP contribution >= 0.6 is 0 Å². The predicted octanol–water partition coefficient (Wildman–Crippen LogP) is -1.44. The highest BCUT2D eigenvalue weighted by Crippen LogP contribution is 2.35. The molecular formula is C19H33BN4O9S. The molecule has 3 atom stereocenters. The molecule has 1 unspecified atom stereocenters. The Hall–Kier alpha value is -1.78. The third-order valence-electron chi connectivity index (χ3n) is 6.92. The number of aliphatic carboxylic acids is 2. The molecule has 0 aromatic rings. The third-order valence-corrected chi connectivity index (χ3v) is 9.10. The molecule has 3 rings (SSSR count). The van der Waals surface area contributed by atoms with Gasteiger partial charge in [-0.1, -0.05) is 6.42 Å². The molecule has 15 heteroatoms. The van der Waals surface area contributed by atoms with Gasteiger partial charge in [0.2, 0.25) is 0 Å². The molecule has 34 heavy (non-hydrogen) atoms. The van der Waals surface area contributed by atoms with Crippen LogP contribution in [0.5, 0.6) is 0 Å². The Morgan fingerprint density at radius 3 is 2.44 bits per heavy atom. The van der Waals surface area contributed by atoms with Crippen molar-refractivity contribution in [1.82, 2.24) is 13.9 Å². The van der Waals surface area contributed by atoms with Gasteiger partial charge >= 0.3 is 25.0 Å². The maximum atomic E-state index is 13.4. The summed E-state index contributed by atoms with van der Waals surface area (Å²) >= 11 is 0. The van der Waals surface area contributed by atoms with Crippen LogP contribution < -0.4 is 11.1 Å². The van der Waals surface area contributed by atoms with Crippen molar-refractivity contribution >= 4 is 35.2 Å². The average Bonchev–Trinajstić information content (AvgIpc) is 3.05. The Balaban J connectivity index is 1.64. The monoisotopic (exact) mass is 504 g/mol. The van der Waals surface area contributed by atoms with Crippen LogP contribution in [0.2, 0.25) is 6.32 Å². The van der Waals surface area contributed by atoms with Crippen molar-refractivity contribution in [3.63, 3.8) is 0 Å². The molecule has 13 nitrogen and oxygen atoms in total. The van der Waals surface area contributed by atoms with Gasteiger partial charge in [-0.25, -0.2) is 0 Å². The lowest BCUT2D eigenvalue weighted by atomic mass is 9.75. The van der Waals surface area contributed by atoms with Gasteiger partial charge in [0, 0.05) is 38.1 Å². The highest BCUT2D eigenvalue weighted by atomic mass is 32.2. The van der Waals surface area contributed by atoms with E-state index in [2.05, 4.69) is 5.32 Å². The SMILES string of the molecule is CC(C)N(C1CNC1)S(=O)(=O)N1C[C@H](CCCB2OCC(C)(C(=O)O)C(=O)O2)[C@](N)(C(=O)O)C1. The highest BCUT2D eigenvalue weighted by Gasteiger charge is 2.55. The second-order valence-electron chi connectivity index (χ2n) is 9.79. The summed E-state index contributed by atoms with van der Waals surface area (Å²) in [6.45, 7) is 5.11. The number of rotatable bonds is 10. The van der Waals surface area contributed by atoms with Crippen LogP contribution in [0.4, 0.5) is 0 Å². The largest absolute Gasteiger partial charge is 0.527 e. The molecule has 0 spiro atoms. The lowest BCUT2D eigenvalue weighted by Gasteiger charge is -2.41. The van der Waals surface area contributed by atoms with Gasteiger partial charge in [-0.15, -0.1) is 0 Å². The van der Waals surface area contributed by atoms with Crippen molar-refractivity contribution < 1.29 is 42.3 Å². The van der Waals surface area contributed by atoms with E-state index in [4.69, 9.17) is 15.0 Å². The first-order chi connectivity index (χ1) is 15.7. The molecule has 0 amide bonds. The number of nitrogens with zero attached hydrogens (tertiary/aromatic N) is 2. The zero-order chi connectivity index (χ0) is 25.5. The van der Waals surface area contributed by atoms with E-state index in [0.29, 0.717) is 19.5 Å². The van der Waals surface area contributed by atoms with E-state index in [1.807, 2.05) is 0 Å². The lowest BCUT2D eigenvalue weighted by molar-refractivity contribution is -0.169. The summed E-state index contributed by atoms with van der Waals surface area (Å²) in [7, 11) is -4.90.